The highest BCUT2D eigenvalue weighted by Gasteiger charge is 2.28. The molecule has 1 fully saturated rings. The maximum absolute atomic E-state index is 5.97. The summed E-state index contributed by atoms with van der Waals surface area (Å²) in [5.41, 5.74) is 0.828. The van der Waals surface area contributed by atoms with Crippen molar-refractivity contribution < 1.29 is 4.74 Å². The minimum absolute atomic E-state index is 0.461. The fraction of sp³-hybridized carbons (Fsp3) is 0.556. The average molecular weight is 278 g/mol. The van der Waals surface area contributed by atoms with Crippen molar-refractivity contribution in [3.63, 3.8) is 0 Å². The van der Waals surface area contributed by atoms with Crippen LogP contribution < -0.4 is 0 Å². The Hall–Kier alpha value is -0.190. The van der Waals surface area contributed by atoms with Crippen LogP contribution in [0.2, 0.25) is 5.15 Å². The first kappa shape index (κ1) is 10.3. The van der Waals surface area contributed by atoms with Crippen molar-refractivity contribution in [2.45, 2.75) is 25.4 Å². The van der Waals surface area contributed by atoms with Gasteiger partial charge in [-0.15, -0.1) is 0 Å². The van der Waals surface area contributed by atoms with Gasteiger partial charge in [-0.05, 0) is 28.8 Å². The largest absolute Gasteiger partial charge is 0.378 e. The van der Waals surface area contributed by atoms with E-state index in [1.54, 1.807) is 7.11 Å². The fourth-order valence-corrected chi connectivity index (χ4v) is 1.72. The molecule has 0 unspecified atom stereocenters. The quantitative estimate of drug-likeness (QED) is 0.797. The Morgan fingerprint density at radius 1 is 1.50 bits per heavy atom. The van der Waals surface area contributed by atoms with Crippen LogP contribution in [0.1, 0.15) is 30.3 Å². The van der Waals surface area contributed by atoms with Crippen molar-refractivity contribution >= 4 is 27.5 Å². The highest BCUT2D eigenvalue weighted by molar-refractivity contribution is 9.10. The fourth-order valence-electron chi connectivity index (χ4n) is 1.24. The summed E-state index contributed by atoms with van der Waals surface area (Å²) in [7, 11) is 1.64. The summed E-state index contributed by atoms with van der Waals surface area (Å²) in [6.07, 6.45) is 2.34. The molecule has 0 amide bonds. The molecule has 1 aliphatic rings. The molecule has 0 saturated heterocycles. The Bertz CT molecular complexity index is 355. The molecule has 1 aromatic heterocycles. The first-order valence-electron chi connectivity index (χ1n) is 4.43. The summed E-state index contributed by atoms with van der Waals surface area (Å²) in [5, 5.41) is 0.481. The Morgan fingerprint density at radius 2 is 2.21 bits per heavy atom. The molecule has 0 bridgehead atoms. The Morgan fingerprint density at radius 3 is 2.79 bits per heavy atom. The summed E-state index contributed by atoms with van der Waals surface area (Å²) < 4.78 is 5.78. The predicted molar refractivity (Wildman–Crippen MR) is 57.4 cm³/mol. The van der Waals surface area contributed by atoms with E-state index < -0.39 is 0 Å². The number of rotatable bonds is 3. The second kappa shape index (κ2) is 4.13. The minimum atomic E-state index is 0.461. The molecule has 0 spiro atoms. The number of methoxy groups -OCH3 is 1. The van der Waals surface area contributed by atoms with Crippen LogP contribution in [0.15, 0.2) is 4.47 Å². The lowest BCUT2D eigenvalue weighted by Gasteiger charge is -2.06. The van der Waals surface area contributed by atoms with E-state index in [9.17, 15) is 0 Å². The van der Waals surface area contributed by atoms with Gasteiger partial charge in [-0.2, -0.15) is 0 Å². The van der Waals surface area contributed by atoms with Crippen molar-refractivity contribution in [3.05, 3.63) is 21.1 Å². The number of halogens is 2. The first-order chi connectivity index (χ1) is 6.72. The van der Waals surface area contributed by atoms with Crippen LogP contribution in [0.3, 0.4) is 0 Å². The third-order valence-corrected chi connectivity index (χ3v) is 3.46. The number of aromatic nitrogens is 2. The van der Waals surface area contributed by atoms with Crippen LogP contribution in [-0.4, -0.2) is 17.1 Å². The van der Waals surface area contributed by atoms with Crippen LogP contribution in [0.4, 0.5) is 0 Å². The average Bonchev–Trinajstić information content (AvgIpc) is 2.96. The van der Waals surface area contributed by atoms with Gasteiger partial charge in [-0.25, -0.2) is 9.97 Å². The lowest BCUT2D eigenvalue weighted by Crippen LogP contribution is -2.01. The van der Waals surface area contributed by atoms with Gasteiger partial charge in [-0.3, -0.25) is 0 Å². The molecule has 0 radical (unpaired) electrons. The lowest BCUT2D eigenvalue weighted by atomic mass is 10.3. The zero-order valence-electron chi connectivity index (χ0n) is 7.76. The van der Waals surface area contributed by atoms with E-state index in [-0.39, 0.29) is 0 Å². The van der Waals surface area contributed by atoms with Gasteiger partial charge < -0.3 is 4.74 Å². The minimum Gasteiger partial charge on any atom is -0.378 e. The molecule has 5 heteroatoms. The number of nitrogens with zero attached hydrogens (tertiary/aromatic N) is 2. The third-order valence-electron chi connectivity index (χ3n) is 2.12. The number of ether oxygens (including phenoxy) is 1. The van der Waals surface area contributed by atoms with Crippen molar-refractivity contribution in [1.29, 1.82) is 0 Å². The predicted octanol–water partition coefficient (Wildman–Crippen LogP) is 2.92. The van der Waals surface area contributed by atoms with Crippen LogP contribution in [-0.2, 0) is 11.3 Å². The summed E-state index contributed by atoms with van der Waals surface area (Å²) in [6, 6.07) is 0. The van der Waals surface area contributed by atoms with Crippen LogP contribution in [0.25, 0.3) is 0 Å². The summed E-state index contributed by atoms with van der Waals surface area (Å²) in [4.78, 5) is 8.65. The maximum Gasteiger partial charge on any atom is 0.147 e. The SMILES string of the molecule is COCc1nc(C2CC2)nc(Cl)c1Br. The van der Waals surface area contributed by atoms with E-state index in [1.165, 1.54) is 12.8 Å². The smallest absolute Gasteiger partial charge is 0.147 e. The van der Waals surface area contributed by atoms with Gasteiger partial charge in [0.1, 0.15) is 11.0 Å². The molecule has 2 rings (SSSR count). The molecule has 3 nitrogen and oxygen atoms in total. The van der Waals surface area contributed by atoms with Gasteiger partial charge in [0.05, 0.1) is 16.8 Å². The van der Waals surface area contributed by atoms with Gasteiger partial charge in [0.2, 0.25) is 0 Å². The number of hydrogen-bond acceptors (Lipinski definition) is 3. The molecular weight excluding hydrogens is 267 g/mol. The molecule has 1 aromatic rings. The van der Waals surface area contributed by atoms with E-state index in [1.807, 2.05) is 0 Å². The van der Waals surface area contributed by atoms with E-state index in [0.717, 1.165) is 16.0 Å². The maximum atomic E-state index is 5.97. The van der Waals surface area contributed by atoms with Gasteiger partial charge in [0.15, 0.2) is 0 Å². The molecule has 1 saturated carbocycles. The molecule has 0 atom stereocenters. The van der Waals surface area contributed by atoms with Gasteiger partial charge in [0, 0.05) is 13.0 Å². The standard InChI is InChI=1S/C9H10BrClN2O/c1-14-4-6-7(10)8(11)13-9(12-6)5-2-3-5/h5H,2-4H2,1H3. The molecule has 0 aromatic carbocycles. The van der Waals surface area contributed by atoms with Crippen molar-refractivity contribution in [1.82, 2.24) is 9.97 Å². The van der Waals surface area contributed by atoms with Crippen molar-refractivity contribution in [2.75, 3.05) is 7.11 Å². The molecule has 76 valence electrons. The lowest BCUT2D eigenvalue weighted by molar-refractivity contribution is 0.180. The second-order valence-electron chi connectivity index (χ2n) is 3.34. The molecular formula is C9H10BrClN2O. The van der Waals surface area contributed by atoms with E-state index >= 15 is 0 Å². The van der Waals surface area contributed by atoms with Gasteiger partial charge >= 0.3 is 0 Å². The zero-order valence-corrected chi connectivity index (χ0v) is 10.1. The highest BCUT2D eigenvalue weighted by atomic mass is 79.9. The molecule has 0 N–H and O–H groups in total. The van der Waals surface area contributed by atoms with E-state index in [4.69, 9.17) is 16.3 Å². The third kappa shape index (κ3) is 2.07. The zero-order chi connectivity index (χ0) is 10.1. The van der Waals surface area contributed by atoms with E-state index in [2.05, 4.69) is 25.9 Å². The molecule has 1 aliphatic carbocycles. The normalized spacial score (nSPS) is 15.9. The highest BCUT2D eigenvalue weighted by Crippen LogP contribution is 2.39. The van der Waals surface area contributed by atoms with Crippen molar-refractivity contribution in [3.8, 4) is 0 Å². The first-order valence-corrected chi connectivity index (χ1v) is 5.60. The Balaban J connectivity index is 2.35. The molecule has 0 aliphatic heterocycles. The van der Waals surface area contributed by atoms with Gasteiger partial charge in [-0.1, -0.05) is 11.6 Å². The monoisotopic (exact) mass is 276 g/mol. The van der Waals surface area contributed by atoms with Crippen LogP contribution in [0.5, 0.6) is 0 Å². The summed E-state index contributed by atoms with van der Waals surface area (Å²) in [5.74, 6) is 1.36. The summed E-state index contributed by atoms with van der Waals surface area (Å²) >= 11 is 9.32. The topological polar surface area (TPSA) is 35.0 Å². The number of hydrogen-bond donors (Lipinski definition) is 0. The molecule has 14 heavy (non-hydrogen) atoms. The van der Waals surface area contributed by atoms with Crippen molar-refractivity contribution in [2.24, 2.45) is 0 Å². The van der Waals surface area contributed by atoms with Gasteiger partial charge in [0.25, 0.3) is 0 Å². The second-order valence-corrected chi connectivity index (χ2v) is 4.49. The Labute approximate surface area is 96.0 Å². The molecule has 1 heterocycles. The Kier molecular flexibility index (Phi) is 3.04. The summed E-state index contributed by atoms with van der Waals surface area (Å²) in [6.45, 7) is 0.461. The van der Waals surface area contributed by atoms with E-state index in [0.29, 0.717) is 17.7 Å². The van der Waals surface area contributed by atoms with Crippen LogP contribution >= 0.6 is 27.5 Å². The van der Waals surface area contributed by atoms with Crippen LogP contribution in [0, 0.1) is 0 Å².